The first-order valence-electron chi connectivity index (χ1n) is 8.60. The van der Waals surface area contributed by atoms with Gasteiger partial charge in [-0.15, -0.1) is 11.8 Å². The van der Waals surface area contributed by atoms with E-state index in [1.165, 1.54) is 32.7 Å². The molecule has 25 heavy (non-hydrogen) atoms. The average Bonchev–Trinajstić information content (AvgIpc) is 2.67. The highest BCUT2D eigenvalue weighted by molar-refractivity contribution is 7.98. The van der Waals surface area contributed by atoms with E-state index < -0.39 is 0 Å². The number of nitrogens with zero attached hydrogens (tertiary/aromatic N) is 1. The number of thioether (sulfide) groups is 1. The Morgan fingerprint density at radius 1 is 0.720 bits per heavy atom. The summed E-state index contributed by atoms with van der Waals surface area (Å²) in [5, 5.41) is 0. The van der Waals surface area contributed by atoms with Gasteiger partial charge in [0.2, 0.25) is 0 Å². The predicted octanol–water partition coefficient (Wildman–Crippen LogP) is 6.37. The second-order valence-electron chi connectivity index (χ2n) is 6.57. The minimum absolute atomic E-state index is 0.431. The fourth-order valence-corrected chi connectivity index (χ4v) is 3.37. The smallest absolute Gasteiger partial charge is 0.0313 e. The molecule has 1 atom stereocenters. The maximum Gasteiger partial charge on any atom is 0.0313 e. The topological polar surface area (TPSA) is 3.24 Å². The zero-order valence-electron chi connectivity index (χ0n) is 15.4. The van der Waals surface area contributed by atoms with Crippen LogP contribution in [0.5, 0.6) is 0 Å². The van der Waals surface area contributed by atoms with Gasteiger partial charge in [0.15, 0.2) is 0 Å². The molecular weight excluding hydrogens is 322 g/mol. The van der Waals surface area contributed by atoms with Crippen molar-refractivity contribution in [3.05, 3.63) is 78.4 Å². The molecule has 0 spiro atoms. The Hall–Kier alpha value is -2.03. The lowest BCUT2D eigenvalue weighted by molar-refractivity contribution is 0.321. The molecule has 0 saturated carbocycles. The van der Waals surface area contributed by atoms with E-state index in [4.69, 9.17) is 0 Å². The lowest BCUT2D eigenvalue weighted by Gasteiger charge is -2.20. The molecule has 3 aromatic carbocycles. The van der Waals surface area contributed by atoms with Crippen molar-refractivity contribution in [1.29, 1.82) is 0 Å². The summed E-state index contributed by atoms with van der Waals surface area (Å²) < 4.78 is 0. The van der Waals surface area contributed by atoms with Gasteiger partial charge in [0, 0.05) is 10.9 Å². The van der Waals surface area contributed by atoms with Crippen molar-refractivity contribution in [3.63, 3.8) is 0 Å². The fourth-order valence-electron chi connectivity index (χ4n) is 2.91. The molecule has 0 fully saturated rings. The first-order valence-corrected chi connectivity index (χ1v) is 9.82. The zero-order valence-corrected chi connectivity index (χ0v) is 16.2. The van der Waals surface area contributed by atoms with Crippen molar-refractivity contribution in [2.45, 2.75) is 17.9 Å². The highest BCUT2D eigenvalue weighted by Gasteiger charge is 2.08. The number of hydrogen-bond acceptors (Lipinski definition) is 2. The van der Waals surface area contributed by atoms with Crippen LogP contribution in [0.1, 0.15) is 18.5 Å². The van der Waals surface area contributed by atoms with Crippen LogP contribution in [0.4, 0.5) is 0 Å². The third-order valence-corrected chi connectivity index (χ3v) is 5.51. The van der Waals surface area contributed by atoms with Crippen LogP contribution in [-0.2, 0) is 0 Å². The van der Waals surface area contributed by atoms with Gasteiger partial charge in [-0.05, 0) is 67.2 Å². The van der Waals surface area contributed by atoms with E-state index in [1.54, 1.807) is 11.8 Å². The molecule has 0 saturated heterocycles. The Bertz CT molecular complexity index is 819. The first-order chi connectivity index (χ1) is 12.1. The van der Waals surface area contributed by atoms with E-state index in [1.807, 2.05) is 0 Å². The molecule has 1 unspecified atom stereocenters. The van der Waals surface area contributed by atoms with E-state index in [0.717, 1.165) is 0 Å². The quantitative estimate of drug-likeness (QED) is 0.494. The molecule has 0 aromatic heterocycles. The van der Waals surface area contributed by atoms with Gasteiger partial charge in [-0.1, -0.05) is 60.7 Å². The Kier molecular flexibility index (Phi) is 5.62. The molecule has 0 aliphatic carbocycles. The van der Waals surface area contributed by atoms with Crippen LogP contribution in [0.2, 0.25) is 0 Å². The molecule has 3 aromatic rings. The van der Waals surface area contributed by atoms with E-state index in [9.17, 15) is 0 Å². The molecule has 0 amide bonds. The van der Waals surface area contributed by atoms with Crippen molar-refractivity contribution in [3.8, 4) is 22.3 Å². The average molecular weight is 348 g/mol. The summed E-state index contributed by atoms with van der Waals surface area (Å²) in [4.78, 5) is 3.53. The van der Waals surface area contributed by atoms with Crippen LogP contribution in [-0.4, -0.2) is 25.3 Å². The van der Waals surface area contributed by atoms with Gasteiger partial charge >= 0.3 is 0 Å². The van der Waals surface area contributed by atoms with E-state index in [-0.39, 0.29) is 0 Å². The number of hydrogen-bond donors (Lipinski definition) is 0. The summed E-state index contributed by atoms with van der Waals surface area (Å²) in [6, 6.07) is 26.9. The number of benzene rings is 3. The van der Waals surface area contributed by atoms with Crippen molar-refractivity contribution in [2.24, 2.45) is 0 Å². The van der Waals surface area contributed by atoms with Crippen molar-refractivity contribution in [1.82, 2.24) is 4.90 Å². The SMILES string of the molecule is CSc1cccc(-c2ccc(-c3ccc(C(C)N(C)C)cc3)cc2)c1. The number of rotatable bonds is 5. The zero-order chi connectivity index (χ0) is 17.8. The Balaban J connectivity index is 1.82. The van der Waals surface area contributed by atoms with Gasteiger partial charge in [0.1, 0.15) is 0 Å². The van der Waals surface area contributed by atoms with Crippen molar-refractivity contribution >= 4 is 11.8 Å². The lowest BCUT2D eigenvalue weighted by Crippen LogP contribution is -2.16. The van der Waals surface area contributed by atoms with Crippen LogP contribution in [0.3, 0.4) is 0 Å². The highest BCUT2D eigenvalue weighted by atomic mass is 32.2. The minimum atomic E-state index is 0.431. The summed E-state index contributed by atoms with van der Waals surface area (Å²) >= 11 is 1.78. The van der Waals surface area contributed by atoms with Gasteiger partial charge in [-0.25, -0.2) is 0 Å². The lowest BCUT2D eigenvalue weighted by atomic mass is 9.98. The second kappa shape index (κ2) is 7.90. The molecule has 0 radical (unpaired) electrons. The van der Waals surface area contributed by atoms with Crippen LogP contribution >= 0.6 is 11.8 Å². The van der Waals surface area contributed by atoms with Crippen LogP contribution in [0.25, 0.3) is 22.3 Å². The summed E-state index contributed by atoms with van der Waals surface area (Å²) in [6.45, 7) is 2.23. The van der Waals surface area contributed by atoms with Gasteiger partial charge in [0.25, 0.3) is 0 Å². The molecule has 0 bridgehead atoms. The Morgan fingerprint density at radius 2 is 1.24 bits per heavy atom. The molecule has 2 heteroatoms. The van der Waals surface area contributed by atoms with E-state index in [2.05, 4.69) is 105 Å². The summed E-state index contributed by atoms with van der Waals surface area (Å²) in [5.74, 6) is 0. The van der Waals surface area contributed by atoms with Crippen molar-refractivity contribution < 1.29 is 0 Å². The standard InChI is InChI=1S/C23H25NS/c1-17(24(2)3)18-8-10-19(11-9-18)20-12-14-21(15-13-20)22-6-5-7-23(16-22)25-4/h5-17H,1-4H3. The largest absolute Gasteiger partial charge is 0.303 e. The van der Waals surface area contributed by atoms with Gasteiger partial charge in [-0.2, -0.15) is 0 Å². The minimum Gasteiger partial charge on any atom is -0.303 e. The molecule has 0 N–H and O–H groups in total. The second-order valence-corrected chi connectivity index (χ2v) is 7.45. The predicted molar refractivity (Wildman–Crippen MR) is 111 cm³/mol. The Labute approximate surface area is 155 Å². The first kappa shape index (κ1) is 17.8. The summed E-state index contributed by atoms with van der Waals surface area (Å²) in [5.41, 5.74) is 6.40. The summed E-state index contributed by atoms with van der Waals surface area (Å²) in [7, 11) is 4.23. The molecule has 1 nitrogen and oxygen atoms in total. The molecule has 0 aliphatic rings. The van der Waals surface area contributed by atoms with Crippen LogP contribution in [0.15, 0.2) is 77.7 Å². The van der Waals surface area contributed by atoms with Gasteiger partial charge < -0.3 is 4.90 Å². The highest BCUT2D eigenvalue weighted by Crippen LogP contribution is 2.28. The Morgan fingerprint density at radius 3 is 1.76 bits per heavy atom. The van der Waals surface area contributed by atoms with Gasteiger partial charge in [-0.3, -0.25) is 0 Å². The maximum absolute atomic E-state index is 2.25. The molecule has 128 valence electrons. The normalized spacial score (nSPS) is 12.4. The van der Waals surface area contributed by atoms with E-state index in [0.29, 0.717) is 6.04 Å². The monoisotopic (exact) mass is 347 g/mol. The third kappa shape index (κ3) is 4.15. The molecule has 0 heterocycles. The molecule has 3 rings (SSSR count). The maximum atomic E-state index is 2.25. The summed E-state index contributed by atoms with van der Waals surface area (Å²) in [6.07, 6.45) is 2.11. The van der Waals surface area contributed by atoms with Crippen LogP contribution in [0, 0.1) is 0 Å². The fraction of sp³-hybridized carbons (Fsp3) is 0.217. The van der Waals surface area contributed by atoms with Crippen LogP contribution < -0.4 is 0 Å². The molecule has 0 aliphatic heterocycles. The van der Waals surface area contributed by atoms with E-state index >= 15 is 0 Å². The van der Waals surface area contributed by atoms with Crippen molar-refractivity contribution in [2.75, 3.05) is 20.4 Å². The third-order valence-electron chi connectivity index (χ3n) is 4.79. The molecular formula is C23H25NS. The van der Waals surface area contributed by atoms with Gasteiger partial charge in [0.05, 0.1) is 0 Å².